The molecule has 2 N–H and O–H groups in total. The van der Waals surface area contributed by atoms with Crippen molar-refractivity contribution < 1.29 is 9.18 Å². The number of nitrogens with one attached hydrogen (secondary N) is 2. The van der Waals surface area contributed by atoms with Crippen molar-refractivity contribution in [3.63, 3.8) is 0 Å². The molecule has 92 valence electrons. The van der Waals surface area contributed by atoms with E-state index in [1.54, 1.807) is 0 Å². The second kappa shape index (κ2) is 5.12. The van der Waals surface area contributed by atoms with Crippen molar-refractivity contribution >= 4 is 11.7 Å². The molecule has 0 unspecified atom stereocenters. The van der Waals surface area contributed by atoms with Gasteiger partial charge in [-0.25, -0.2) is 9.18 Å². The summed E-state index contributed by atoms with van der Waals surface area (Å²) in [4.78, 5) is 15.2. The van der Waals surface area contributed by atoms with Crippen LogP contribution in [0.3, 0.4) is 0 Å². The Morgan fingerprint density at radius 2 is 2.47 bits per heavy atom. The number of amides is 2. The van der Waals surface area contributed by atoms with Crippen LogP contribution < -0.4 is 10.6 Å². The molecule has 1 aliphatic carbocycles. The van der Waals surface area contributed by atoms with Gasteiger partial charge < -0.3 is 10.6 Å². The van der Waals surface area contributed by atoms with Gasteiger partial charge in [-0.15, -0.1) is 0 Å². The Kier molecular flexibility index (Phi) is 3.56. The molecule has 0 bridgehead atoms. The Morgan fingerprint density at radius 3 is 3.18 bits per heavy atom. The van der Waals surface area contributed by atoms with E-state index >= 15 is 0 Å². The topological polar surface area (TPSA) is 54.0 Å². The van der Waals surface area contributed by atoms with Crippen LogP contribution in [0.4, 0.5) is 14.9 Å². The maximum atomic E-state index is 13.2. The number of aromatic nitrogens is 1. The number of halogens is 1. The SMILES string of the molecule is CCC[C@H]1C[C@H]1NC(=O)Nc1ccncc1F. The third-order valence-corrected chi connectivity index (χ3v) is 2.92. The summed E-state index contributed by atoms with van der Waals surface area (Å²) in [6, 6.07) is 1.34. The number of nitrogens with zero attached hydrogens (tertiary/aromatic N) is 1. The summed E-state index contributed by atoms with van der Waals surface area (Å²) in [5, 5.41) is 5.31. The van der Waals surface area contributed by atoms with Gasteiger partial charge in [0.1, 0.15) is 0 Å². The van der Waals surface area contributed by atoms with Gasteiger partial charge in [-0.3, -0.25) is 4.98 Å². The molecule has 2 rings (SSSR count). The standard InChI is InChI=1S/C12H16FN3O/c1-2-3-8-6-11(8)16-12(17)15-10-4-5-14-7-9(10)13/h4-5,7-8,11H,2-3,6H2,1H3,(H2,14,15,16,17)/t8-,11+/m0/s1. The molecule has 17 heavy (non-hydrogen) atoms. The smallest absolute Gasteiger partial charge is 0.319 e. The van der Waals surface area contributed by atoms with Crippen molar-refractivity contribution in [2.45, 2.75) is 32.2 Å². The van der Waals surface area contributed by atoms with Crippen molar-refractivity contribution in [3.8, 4) is 0 Å². The Morgan fingerprint density at radius 1 is 1.65 bits per heavy atom. The first kappa shape index (κ1) is 11.8. The van der Waals surface area contributed by atoms with E-state index in [4.69, 9.17) is 0 Å². The van der Waals surface area contributed by atoms with Crippen LogP contribution in [0.15, 0.2) is 18.5 Å². The van der Waals surface area contributed by atoms with Gasteiger partial charge in [-0.1, -0.05) is 13.3 Å². The maximum Gasteiger partial charge on any atom is 0.319 e. The first-order valence-corrected chi connectivity index (χ1v) is 5.87. The van der Waals surface area contributed by atoms with Crippen molar-refractivity contribution in [3.05, 3.63) is 24.3 Å². The lowest BCUT2D eigenvalue weighted by Crippen LogP contribution is -2.31. The van der Waals surface area contributed by atoms with Crippen LogP contribution in [-0.2, 0) is 0 Å². The van der Waals surface area contributed by atoms with E-state index in [0.29, 0.717) is 5.92 Å². The Balaban J connectivity index is 1.81. The molecule has 1 fully saturated rings. The fourth-order valence-corrected chi connectivity index (χ4v) is 1.92. The number of carbonyl (C=O) groups excluding carboxylic acids is 1. The minimum Gasteiger partial charge on any atom is -0.335 e. The molecule has 0 saturated heterocycles. The van der Waals surface area contributed by atoms with Crippen molar-refractivity contribution in [2.24, 2.45) is 5.92 Å². The van der Waals surface area contributed by atoms with E-state index in [9.17, 15) is 9.18 Å². The van der Waals surface area contributed by atoms with Gasteiger partial charge in [-0.2, -0.15) is 0 Å². The van der Waals surface area contributed by atoms with E-state index in [0.717, 1.165) is 25.5 Å². The first-order valence-electron chi connectivity index (χ1n) is 5.87. The summed E-state index contributed by atoms with van der Waals surface area (Å²) in [5.74, 6) is 0.0663. The minimum absolute atomic E-state index is 0.158. The molecule has 0 aliphatic heterocycles. The minimum atomic E-state index is -0.524. The highest BCUT2D eigenvalue weighted by atomic mass is 19.1. The molecule has 2 atom stereocenters. The van der Waals surface area contributed by atoms with Crippen LogP contribution in [0.25, 0.3) is 0 Å². The average Bonchev–Trinajstić information content (AvgIpc) is 3.00. The molecule has 1 aromatic rings. The zero-order chi connectivity index (χ0) is 12.3. The third-order valence-electron chi connectivity index (χ3n) is 2.92. The number of carbonyl (C=O) groups is 1. The molecule has 4 nitrogen and oxygen atoms in total. The second-order valence-corrected chi connectivity index (χ2v) is 4.34. The number of hydrogen-bond donors (Lipinski definition) is 2. The lowest BCUT2D eigenvalue weighted by atomic mass is 10.2. The van der Waals surface area contributed by atoms with Crippen LogP contribution in [0.1, 0.15) is 26.2 Å². The molecule has 1 aliphatic rings. The van der Waals surface area contributed by atoms with Gasteiger partial charge in [0.2, 0.25) is 0 Å². The predicted molar refractivity (Wildman–Crippen MR) is 63.2 cm³/mol. The van der Waals surface area contributed by atoms with Crippen LogP contribution in [0.5, 0.6) is 0 Å². The van der Waals surface area contributed by atoms with Crippen LogP contribution >= 0.6 is 0 Å². The van der Waals surface area contributed by atoms with Crippen LogP contribution in [0.2, 0.25) is 0 Å². The largest absolute Gasteiger partial charge is 0.335 e. The zero-order valence-electron chi connectivity index (χ0n) is 9.74. The van der Waals surface area contributed by atoms with Crippen LogP contribution in [0, 0.1) is 11.7 Å². The number of urea groups is 1. The van der Waals surface area contributed by atoms with Crippen molar-refractivity contribution in [1.29, 1.82) is 0 Å². The molecular weight excluding hydrogens is 221 g/mol. The summed E-state index contributed by atoms with van der Waals surface area (Å²) < 4.78 is 13.2. The van der Waals surface area contributed by atoms with Gasteiger partial charge >= 0.3 is 6.03 Å². The fraction of sp³-hybridized carbons (Fsp3) is 0.500. The highest BCUT2D eigenvalue weighted by Crippen LogP contribution is 2.34. The predicted octanol–water partition coefficient (Wildman–Crippen LogP) is 2.53. The summed E-state index contributed by atoms with van der Waals surface area (Å²) in [6.45, 7) is 2.13. The molecule has 0 spiro atoms. The molecule has 1 saturated carbocycles. The molecule has 1 heterocycles. The zero-order valence-corrected chi connectivity index (χ0v) is 9.74. The van der Waals surface area contributed by atoms with Gasteiger partial charge in [0.25, 0.3) is 0 Å². The molecule has 2 amide bonds. The molecule has 1 aromatic heterocycles. The Bertz CT molecular complexity index is 410. The Labute approximate surface area is 99.6 Å². The lowest BCUT2D eigenvalue weighted by molar-refractivity contribution is 0.251. The number of anilines is 1. The van der Waals surface area contributed by atoms with Gasteiger partial charge in [0.15, 0.2) is 5.82 Å². The quantitative estimate of drug-likeness (QED) is 0.845. The van der Waals surface area contributed by atoms with Crippen molar-refractivity contribution in [1.82, 2.24) is 10.3 Å². The summed E-state index contributed by atoms with van der Waals surface area (Å²) in [6.07, 6.45) is 5.81. The van der Waals surface area contributed by atoms with E-state index < -0.39 is 5.82 Å². The summed E-state index contributed by atoms with van der Waals surface area (Å²) in [5.41, 5.74) is 0.158. The normalized spacial score (nSPS) is 22.0. The van der Waals surface area contributed by atoms with E-state index in [2.05, 4.69) is 22.5 Å². The lowest BCUT2D eigenvalue weighted by Gasteiger charge is -2.07. The summed E-state index contributed by atoms with van der Waals surface area (Å²) >= 11 is 0. The summed E-state index contributed by atoms with van der Waals surface area (Å²) in [7, 11) is 0. The fourth-order valence-electron chi connectivity index (χ4n) is 1.92. The Hall–Kier alpha value is -1.65. The van der Waals surface area contributed by atoms with E-state index in [1.165, 1.54) is 12.3 Å². The van der Waals surface area contributed by atoms with Gasteiger partial charge in [-0.05, 0) is 24.8 Å². The van der Waals surface area contributed by atoms with Crippen molar-refractivity contribution in [2.75, 3.05) is 5.32 Å². The average molecular weight is 237 g/mol. The number of hydrogen-bond acceptors (Lipinski definition) is 2. The van der Waals surface area contributed by atoms with Gasteiger partial charge in [0, 0.05) is 12.2 Å². The van der Waals surface area contributed by atoms with E-state index in [-0.39, 0.29) is 17.8 Å². The molecule has 0 radical (unpaired) electrons. The highest BCUT2D eigenvalue weighted by Gasteiger charge is 2.37. The number of pyridine rings is 1. The maximum absolute atomic E-state index is 13.2. The highest BCUT2D eigenvalue weighted by molar-refractivity contribution is 5.89. The van der Waals surface area contributed by atoms with Crippen LogP contribution in [-0.4, -0.2) is 17.1 Å². The monoisotopic (exact) mass is 237 g/mol. The first-order chi connectivity index (χ1) is 8.20. The second-order valence-electron chi connectivity index (χ2n) is 4.34. The molecule has 5 heteroatoms. The van der Waals surface area contributed by atoms with Gasteiger partial charge in [0.05, 0.1) is 11.9 Å². The van der Waals surface area contributed by atoms with E-state index in [1.807, 2.05) is 0 Å². The molecule has 0 aromatic carbocycles. The third kappa shape index (κ3) is 3.15. The number of rotatable bonds is 4. The molecular formula is C12H16FN3O.